The maximum atomic E-state index is 10.8. The molecule has 1 aromatic rings. The van der Waals surface area contributed by atoms with E-state index in [2.05, 4.69) is 20.9 Å². The van der Waals surface area contributed by atoms with Crippen LogP contribution in [0.15, 0.2) is 16.7 Å². The first kappa shape index (κ1) is 11.3. The summed E-state index contributed by atoms with van der Waals surface area (Å²) < 4.78 is 5.97. The van der Waals surface area contributed by atoms with Crippen LogP contribution in [0.2, 0.25) is 0 Å². The number of pyridine rings is 1. The van der Waals surface area contributed by atoms with Gasteiger partial charge >= 0.3 is 5.69 Å². The van der Waals surface area contributed by atoms with E-state index in [9.17, 15) is 10.1 Å². The van der Waals surface area contributed by atoms with Crippen molar-refractivity contribution in [2.24, 2.45) is 5.73 Å². The Bertz CT molecular complexity index is 420. The van der Waals surface area contributed by atoms with Gasteiger partial charge in [-0.25, -0.2) is 4.98 Å². The summed E-state index contributed by atoms with van der Waals surface area (Å²) in [4.78, 5) is 14.2. The molecule has 1 saturated carbocycles. The van der Waals surface area contributed by atoms with E-state index in [-0.39, 0.29) is 23.7 Å². The van der Waals surface area contributed by atoms with E-state index in [1.54, 1.807) is 0 Å². The summed E-state index contributed by atoms with van der Waals surface area (Å²) in [5.74, 6) is 0.0603. The third-order valence-electron chi connectivity index (χ3n) is 2.41. The van der Waals surface area contributed by atoms with Gasteiger partial charge in [-0.15, -0.1) is 0 Å². The van der Waals surface area contributed by atoms with Gasteiger partial charge in [0.1, 0.15) is 6.10 Å². The van der Waals surface area contributed by atoms with Crippen LogP contribution in [0.4, 0.5) is 5.69 Å². The lowest BCUT2D eigenvalue weighted by molar-refractivity contribution is -0.386. The molecule has 0 unspecified atom stereocenters. The topological polar surface area (TPSA) is 91.3 Å². The van der Waals surface area contributed by atoms with Crippen molar-refractivity contribution in [3.8, 4) is 5.88 Å². The number of halogens is 1. The van der Waals surface area contributed by atoms with Crippen molar-refractivity contribution in [2.75, 3.05) is 0 Å². The van der Waals surface area contributed by atoms with Gasteiger partial charge in [-0.2, -0.15) is 0 Å². The predicted molar refractivity (Wildman–Crippen MR) is 60.2 cm³/mol. The predicted octanol–water partition coefficient (Wildman–Crippen LogP) is 1.62. The molecule has 1 aliphatic rings. The van der Waals surface area contributed by atoms with Gasteiger partial charge in [0.05, 0.1) is 4.92 Å². The normalized spacial score (nSPS) is 23.6. The molecule has 2 N–H and O–H groups in total. The zero-order valence-electron chi connectivity index (χ0n) is 8.30. The molecule has 0 aliphatic heterocycles. The number of nitrogens with two attached hydrogens (primary N) is 1. The van der Waals surface area contributed by atoms with Crippen molar-refractivity contribution >= 4 is 21.6 Å². The Morgan fingerprint density at radius 2 is 2.31 bits per heavy atom. The summed E-state index contributed by atoms with van der Waals surface area (Å²) >= 11 is 3.13. The summed E-state index contributed by atoms with van der Waals surface area (Å²) in [5, 5.41) is 10.8. The zero-order chi connectivity index (χ0) is 11.7. The number of nitro groups is 1. The van der Waals surface area contributed by atoms with E-state index in [1.165, 1.54) is 12.3 Å². The largest absolute Gasteiger partial charge is 0.469 e. The lowest BCUT2D eigenvalue weighted by Crippen LogP contribution is -2.43. The molecule has 86 valence electrons. The van der Waals surface area contributed by atoms with Gasteiger partial charge in [-0.05, 0) is 28.8 Å². The number of rotatable bonds is 3. The second-order valence-electron chi connectivity index (χ2n) is 3.71. The van der Waals surface area contributed by atoms with Crippen LogP contribution in [-0.4, -0.2) is 22.1 Å². The molecule has 0 atom stereocenters. The highest BCUT2D eigenvalue weighted by Gasteiger charge is 2.30. The Balaban J connectivity index is 2.16. The van der Waals surface area contributed by atoms with Gasteiger partial charge in [0, 0.05) is 22.8 Å². The maximum absolute atomic E-state index is 10.8. The van der Waals surface area contributed by atoms with E-state index in [1.807, 2.05) is 0 Å². The fourth-order valence-electron chi connectivity index (χ4n) is 1.50. The standard InChI is InChI=1S/C9H10BrN3O3/c10-5-1-8(13(14)15)9(12-4-5)16-7-2-6(11)3-7/h1,4,6-7H,2-3,11H2. The van der Waals surface area contributed by atoms with Crippen molar-refractivity contribution in [1.29, 1.82) is 0 Å². The number of aromatic nitrogens is 1. The SMILES string of the molecule is NC1CC(Oc2ncc(Br)cc2[N+](=O)[O-])C1. The van der Waals surface area contributed by atoms with Crippen molar-refractivity contribution in [2.45, 2.75) is 25.0 Å². The minimum atomic E-state index is -0.508. The van der Waals surface area contributed by atoms with Crippen LogP contribution in [0, 0.1) is 10.1 Å². The van der Waals surface area contributed by atoms with E-state index >= 15 is 0 Å². The summed E-state index contributed by atoms with van der Waals surface area (Å²) in [5.41, 5.74) is 5.47. The average Bonchev–Trinajstić information content (AvgIpc) is 2.17. The molecule has 1 fully saturated rings. The quantitative estimate of drug-likeness (QED) is 0.674. The van der Waals surface area contributed by atoms with Crippen LogP contribution in [0.3, 0.4) is 0 Å². The molecule has 0 amide bonds. The molecule has 2 rings (SSSR count). The first-order valence-corrected chi connectivity index (χ1v) is 5.57. The molecule has 6 nitrogen and oxygen atoms in total. The molecule has 0 aromatic carbocycles. The third kappa shape index (κ3) is 2.30. The monoisotopic (exact) mass is 287 g/mol. The van der Waals surface area contributed by atoms with E-state index in [0.717, 1.165) is 12.8 Å². The first-order chi connectivity index (χ1) is 7.56. The Kier molecular flexibility index (Phi) is 3.06. The van der Waals surface area contributed by atoms with Crippen LogP contribution in [0.5, 0.6) is 5.88 Å². The molecule has 0 spiro atoms. The Hall–Kier alpha value is -1.21. The highest BCUT2D eigenvalue weighted by Crippen LogP contribution is 2.31. The molecule has 0 bridgehead atoms. The molecule has 0 radical (unpaired) electrons. The molecule has 0 saturated heterocycles. The second kappa shape index (κ2) is 4.34. The van der Waals surface area contributed by atoms with E-state index in [0.29, 0.717) is 4.47 Å². The van der Waals surface area contributed by atoms with Gasteiger partial charge < -0.3 is 10.5 Å². The summed E-state index contributed by atoms with van der Waals surface area (Å²) in [6.07, 6.45) is 2.85. The smallest absolute Gasteiger partial charge is 0.332 e. The second-order valence-corrected chi connectivity index (χ2v) is 4.62. The molecular weight excluding hydrogens is 278 g/mol. The van der Waals surface area contributed by atoms with Crippen molar-refractivity contribution < 1.29 is 9.66 Å². The number of nitrogens with zero attached hydrogens (tertiary/aromatic N) is 2. The Labute approximate surface area is 100 Å². The Morgan fingerprint density at radius 3 is 2.88 bits per heavy atom. The van der Waals surface area contributed by atoms with Crippen LogP contribution in [0.1, 0.15) is 12.8 Å². The minimum absolute atomic E-state index is 0.0534. The van der Waals surface area contributed by atoms with Crippen LogP contribution >= 0.6 is 15.9 Å². The van der Waals surface area contributed by atoms with E-state index in [4.69, 9.17) is 10.5 Å². The van der Waals surface area contributed by atoms with Gasteiger partial charge in [0.15, 0.2) is 0 Å². The van der Waals surface area contributed by atoms with Gasteiger partial charge in [0.2, 0.25) is 0 Å². The molecule has 1 aliphatic carbocycles. The fourth-order valence-corrected chi connectivity index (χ4v) is 1.82. The lowest BCUT2D eigenvalue weighted by atomic mass is 9.90. The van der Waals surface area contributed by atoms with Gasteiger partial charge in [0.25, 0.3) is 5.88 Å². The van der Waals surface area contributed by atoms with Crippen molar-refractivity contribution in [3.05, 3.63) is 26.9 Å². The summed E-state index contributed by atoms with van der Waals surface area (Å²) in [7, 11) is 0. The number of ether oxygens (including phenoxy) is 1. The van der Waals surface area contributed by atoms with Crippen molar-refractivity contribution in [3.63, 3.8) is 0 Å². The number of hydrogen-bond acceptors (Lipinski definition) is 5. The maximum Gasteiger partial charge on any atom is 0.332 e. The van der Waals surface area contributed by atoms with Crippen LogP contribution in [-0.2, 0) is 0 Å². The molecule has 7 heteroatoms. The Morgan fingerprint density at radius 1 is 1.62 bits per heavy atom. The molecular formula is C9H10BrN3O3. The zero-order valence-corrected chi connectivity index (χ0v) is 9.88. The molecule has 1 heterocycles. The summed E-state index contributed by atoms with van der Waals surface area (Å²) in [6.45, 7) is 0. The van der Waals surface area contributed by atoms with Gasteiger partial charge in [-0.3, -0.25) is 10.1 Å². The van der Waals surface area contributed by atoms with Crippen LogP contribution < -0.4 is 10.5 Å². The highest BCUT2D eigenvalue weighted by atomic mass is 79.9. The van der Waals surface area contributed by atoms with Gasteiger partial charge in [-0.1, -0.05) is 0 Å². The average molecular weight is 288 g/mol. The minimum Gasteiger partial charge on any atom is -0.469 e. The third-order valence-corrected chi connectivity index (χ3v) is 2.84. The molecule has 16 heavy (non-hydrogen) atoms. The molecule has 1 aromatic heterocycles. The highest BCUT2D eigenvalue weighted by molar-refractivity contribution is 9.10. The number of hydrogen-bond donors (Lipinski definition) is 1. The lowest BCUT2D eigenvalue weighted by Gasteiger charge is -2.31. The first-order valence-electron chi connectivity index (χ1n) is 4.78. The van der Waals surface area contributed by atoms with Crippen LogP contribution in [0.25, 0.3) is 0 Å². The van der Waals surface area contributed by atoms with Crippen molar-refractivity contribution in [1.82, 2.24) is 4.98 Å². The summed E-state index contributed by atoms with van der Waals surface area (Å²) in [6, 6.07) is 1.51. The van der Waals surface area contributed by atoms with E-state index < -0.39 is 4.92 Å². The fraction of sp³-hybridized carbons (Fsp3) is 0.444.